The summed E-state index contributed by atoms with van der Waals surface area (Å²) < 4.78 is 1.93. The largest absolute Gasteiger partial charge is 0.344 e. The summed E-state index contributed by atoms with van der Waals surface area (Å²) >= 11 is 0. The zero-order valence-electron chi connectivity index (χ0n) is 13.7. The number of hydrogen-bond acceptors (Lipinski definition) is 2. The molecule has 4 heterocycles. The van der Waals surface area contributed by atoms with E-state index in [1.807, 2.05) is 40.5 Å². The lowest BCUT2D eigenvalue weighted by atomic mass is 9.94. The molecule has 0 aliphatic carbocycles. The Morgan fingerprint density at radius 1 is 1.27 bits per heavy atom. The van der Waals surface area contributed by atoms with Crippen molar-refractivity contribution >= 4 is 11.8 Å². The first-order valence-electron chi connectivity index (χ1n) is 8.25. The highest BCUT2D eigenvalue weighted by atomic mass is 16.2. The van der Waals surface area contributed by atoms with Gasteiger partial charge in [0.2, 0.25) is 5.91 Å². The molecule has 2 bridgehead atoms. The van der Waals surface area contributed by atoms with Gasteiger partial charge in [-0.05, 0) is 38.3 Å². The second kappa shape index (κ2) is 5.78. The lowest BCUT2D eigenvalue weighted by Crippen LogP contribution is -2.48. The van der Waals surface area contributed by atoms with Crippen LogP contribution in [-0.4, -0.2) is 51.9 Å². The van der Waals surface area contributed by atoms with Crippen LogP contribution in [0.3, 0.4) is 0 Å². The molecule has 0 N–H and O–H groups in total. The smallest absolute Gasteiger partial charge is 0.270 e. The van der Waals surface area contributed by atoms with Crippen LogP contribution in [0.25, 0.3) is 0 Å². The van der Waals surface area contributed by atoms with E-state index in [0.717, 1.165) is 31.5 Å². The molecule has 3 aliphatic heterocycles. The highest BCUT2D eigenvalue weighted by molar-refractivity contribution is 5.94. The van der Waals surface area contributed by atoms with Crippen LogP contribution in [0.4, 0.5) is 0 Å². The topological polar surface area (TPSA) is 45.6 Å². The normalized spacial score (nSPS) is 24.8. The molecule has 2 atom stereocenters. The Morgan fingerprint density at radius 3 is 2.68 bits per heavy atom. The second-order valence-corrected chi connectivity index (χ2v) is 6.59. The van der Waals surface area contributed by atoms with Crippen molar-refractivity contribution in [1.29, 1.82) is 0 Å². The van der Waals surface area contributed by atoms with E-state index in [4.69, 9.17) is 0 Å². The minimum Gasteiger partial charge on any atom is -0.344 e. The number of hydrogen-bond donors (Lipinski definition) is 0. The van der Waals surface area contributed by atoms with E-state index in [1.165, 1.54) is 0 Å². The van der Waals surface area contributed by atoms with Gasteiger partial charge in [-0.15, -0.1) is 0 Å². The number of piperidine rings is 1. The minimum absolute atomic E-state index is 0.0179. The highest BCUT2D eigenvalue weighted by Crippen LogP contribution is 2.30. The molecule has 1 aromatic heterocycles. The molecule has 5 nitrogen and oxygen atoms in total. The van der Waals surface area contributed by atoms with Gasteiger partial charge in [-0.1, -0.05) is 6.92 Å². The summed E-state index contributed by atoms with van der Waals surface area (Å²) in [5, 5.41) is 0. The molecule has 0 aromatic carbocycles. The van der Waals surface area contributed by atoms with Crippen molar-refractivity contribution in [2.45, 2.75) is 39.2 Å². The molecule has 0 spiro atoms. The molecule has 3 saturated heterocycles. The quantitative estimate of drug-likeness (QED) is 0.855. The summed E-state index contributed by atoms with van der Waals surface area (Å²) in [5.74, 6) is 0.283. The van der Waals surface area contributed by atoms with Crippen LogP contribution in [0.2, 0.25) is 0 Å². The van der Waals surface area contributed by atoms with Crippen LogP contribution in [0.15, 0.2) is 12.1 Å². The Morgan fingerprint density at radius 2 is 2.05 bits per heavy atom. The SMILES string of the molecule is CCCN1C(=O)[C@H]2CC[C@@H]1CN(C(=O)c1ccc(C)n1C)C2. The third-order valence-electron chi connectivity index (χ3n) is 5.14. The van der Waals surface area contributed by atoms with E-state index in [0.29, 0.717) is 18.8 Å². The molecule has 4 rings (SSSR count). The van der Waals surface area contributed by atoms with Gasteiger partial charge in [-0.3, -0.25) is 9.59 Å². The average Bonchev–Trinajstić information content (AvgIpc) is 2.69. The maximum atomic E-state index is 12.9. The number of amides is 2. The van der Waals surface area contributed by atoms with Crippen LogP contribution in [0, 0.1) is 12.8 Å². The van der Waals surface area contributed by atoms with Gasteiger partial charge >= 0.3 is 0 Å². The van der Waals surface area contributed by atoms with E-state index in [-0.39, 0.29) is 23.8 Å². The predicted molar refractivity (Wildman–Crippen MR) is 84.6 cm³/mol. The summed E-state index contributed by atoms with van der Waals surface area (Å²) in [5.41, 5.74) is 1.79. The molecular weight excluding hydrogens is 278 g/mol. The molecule has 3 aliphatic rings. The van der Waals surface area contributed by atoms with E-state index >= 15 is 0 Å². The van der Waals surface area contributed by atoms with Crippen LogP contribution >= 0.6 is 0 Å². The third-order valence-corrected chi connectivity index (χ3v) is 5.14. The fraction of sp³-hybridized carbons (Fsp3) is 0.647. The number of fused-ring (bicyclic) bond motifs is 4. The Labute approximate surface area is 131 Å². The zero-order valence-corrected chi connectivity index (χ0v) is 13.7. The maximum absolute atomic E-state index is 12.9. The first-order chi connectivity index (χ1) is 10.5. The van der Waals surface area contributed by atoms with Crippen molar-refractivity contribution in [1.82, 2.24) is 14.4 Å². The van der Waals surface area contributed by atoms with E-state index in [2.05, 4.69) is 6.92 Å². The van der Waals surface area contributed by atoms with Gasteiger partial charge in [0, 0.05) is 38.4 Å². The first-order valence-corrected chi connectivity index (χ1v) is 8.25. The van der Waals surface area contributed by atoms with Gasteiger partial charge in [-0.2, -0.15) is 0 Å². The van der Waals surface area contributed by atoms with Crippen molar-refractivity contribution in [3.63, 3.8) is 0 Å². The molecule has 2 amide bonds. The number of carbonyl (C=O) groups excluding carboxylic acids is 2. The Kier molecular flexibility index (Phi) is 3.98. The van der Waals surface area contributed by atoms with Crippen molar-refractivity contribution in [3.8, 4) is 0 Å². The van der Waals surface area contributed by atoms with E-state index in [9.17, 15) is 9.59 Å². The molecule has 0 saturated carbocycles. The lowest BCUT2D eigenvalue weighted by molar-refractivity contribution is -0.139. The molecule has 120 valence electrons. The number of nitrogens with zero attached hydrogens (tertiary/aromatic N) is 3. The zero-order chi connectivity index (χ0) is 15.9. The predicted octanol–water partition coefficient (Wildman–Crippen LogP) is 1.81. The summed E-state index contributed by atoms with van der Waals surface area (Å²) in [4.78, 5) is 29.3. The number of aromatic nitrogens is 1. The highest BCUT2D eigenvalue weighted by Gasteiger charge is 2.41. The van der Waals surface area contributed by atoms with Gasteiger partial charge in [0.05, 0.1) is 5.92 Å². The monoisotopic (exact) mass is 303 g/mol. The Balaban J connectivity index is 1.83. The standard InChI is InChI=1S/C17H25N3O2/c1-4-9-20-14-7-6-13(16(20)21)10-19(11-14)17(22)15-8-5-12(2)18(15)3/h5,8,13-14H,4,6-7,9-11H2,1-3H3/t13-,14+/m0/s1. The number of aryl methyl sites for hydroxylation is 1. The minimum atomic E-state index is -0.0179. The van der Waals surface area contributed by atoms with Crippen molar-refractivity contribution in [3.05, 3.63) is 23.5 Å². The average molecular weight is 303 g/mol. The molecule has 0 radical (unpaired) electrons. The van der Waals surface area contributed by atoms with E-state index < -0.39 is 0 Å². The first kappa shape index (κ1) is 15.1. The lowest BCUT2D eigenvalue weighted by Gasteiger charge is -2.35. The maximum Gasteiger partial charge on any atom is 0.270 e. The fourth-order valence-electron chi connectivity index (χ4n) is 3.73. The molecule has 3 fully saturated rings. The molecule has 5 heteroatoms. The molecule has 0 unspecified atom stereocenters. The van der Waals surface area contributed by atoms with Gasteiger partial charge < -0.3 is 14.4 Å². The van der Waals surface area contributed by atoms with Crippen LogP contribution in [-0.2, 0) is 11.8 Å². The van der Waals surface area contributed by atoms with Gasteiger partial charge in [0.1, 0.15) is 5.69 Å². The summed E-state index contributed by atoms with van der Waals surface area (Å²) in [7, 11) is 1.92. The van der Waals surface area contributed by atoms with Gasteiger partial charge in [-0.25, -0.2) is 0 Å². The molecule has 1 aromatic rings. The van der Waals surface area contributed by atoms with Crippen molar-refractivity contribution in [2.75, 3.05) is 19.6 Å². The Bertz CT molecular complexity index is 593. The summed E-state index contributed by atoms with van der Waals surface area (Å²) in [6, 6.07) is 4.04. The number of rotatable bonds is 3. The summed E-state index contributed by atoms with van der Waals surface area (Å²) in [6.07, 6.45) is 2.91. The van der Waals surface area contributed by atoms with Crippen molar-refractivity contribution < 1.29 is 9.59 Å². The summed E-state index contributed by atoms with van der Waals surface area (Å²) in [6.45, 7) is 6.14. The fourth-order valence-corrected chi connectivity index (χ4v) is 3.73. The van der Waals surface area contributed by atoms with Crippen molar-refractivity contribution in [2.24, 2.45) is 13.0 Å². The van der Waals surface area contributed by atoms with E-state index in [1.54, 1.807) is 0 Å². The molecule has 22 heavy (non-hydrogen) atoms. The van der Waals surface area contributed by atoms with Crippen LogP contribution < -0.4 is 0 Å². The van der Waals surface area contributed by atoms with Crippen LogP contribution in [0.5, 0.6) is 0 Å². The van der Waals surface area contributed by atoms with Gasteiger partial charge in [0.25, 0.3) is 5.91 Å². The number of carbonyl (C=O) groups is 2. The second-order valence-electron chi connectivity index (χ2n) is 6.59. The van der Waals surface area contributed by atoms with Crippen LogP contribution in [0.1, 0.15) is 42.4 Å². The molecular formula is C17H25N3O2. The Hall–Kier alpha value is -1.78. The van der Waals surface area contributed by atoms with Gasteiger partial charge in [0.15, 0.2) is 0 Å². The third kappa shape index (κ3) is 2.42.